The van der Waals surface area contributed by atoms with E-state index in [-0.39, 0.29) is 11.3 Å². The zero-order chi connectivity index (χ0) is 15.9. The molecule has 1 aliphatic carbocycles. The first-order valence-corrected chi connectivity index (χ1v) is 8.04. The van der Waals surface area contributed by atoms with Crippen LogP contribution in [0.2, 0.25) is 0 Å². The van der Waals surface area contributed by atoms with Crippen LogP contribution < -0.4 is 0 Å². The van der Waals surface area contributed by atoms with E-state index in [1.165, 1.54) is 0 Å². The number of nitrogens with zero attached hydrogens (tertiary/aromatic N) is 2. The molecule has 120 valence electrons. The number of methoxy groups -OCH3 is 1. The number of aromatic nitrogens is 1. The Labute approximate surface area is 135 Å². The van der Waals surface area contributed by atoms with Crippen LogP contribution in [-0.2, 0) is 22.5 Å². The van der Waals surface area contributed by atoms with Crippen molar-refractivity contribution in [3.05, 3.63) is 41.8 Å². The average Bonchev–Trinajstić information content (AvgIpc) is 3.24. The molecular formula is C18H20N2O3. The molecule has 0 saturated heterocycles. The molecule has 4 rings (SSSR count). The number of ether oxygens (including phenoxy) is 1. The Balaban J connectivity index is 1.54. The Kier molecular flexibility index (Phi) is 3.45. The fraction of sp³-hybridized carbons (Fsp3) is 0.444. The van der Waals surface area contributed by atoms with E-state index in [9.17, 15) is 4.79 Å². The number of carbonyl (C=O) groups excluding carboxylic acids is 1. The van der Waals surface area contributed by atoms with Crippen molar-refractivity contribution in [2.45, 2.75) is 25.8 Å². The molecule has 0 spiro atoms. The van der Waals surface area contributed by atoms with E-state index in [1.807, 2.05) is 35.2 Å². The molecular weight excluding hydrogens is 292 g/mol. The highest BCUT2D eigenvalue weighted by atomic mass is 16.5. The van der Waals surface area contributed by atoms with Gasteiger partial charge < -0.3 is 14.1 Å². The van der Waals surface area contributed by atoms with Crippen molar-refractivity contribution in [3.8, 4) is 11.5 Å². The molecule has 1 aromatic carbocycles. The van der Waals surface area contributed by atoms with Crippen LogP contribution in [0, 0.1) is 5.41 Å². The fourth-order valence-electron chi connectivity index (χ4n) is 3.26. The molecule has 1 saturated carbocycles. The second-order valence-corrected chi connectivity index (χ2v) is 6.44. The lowest BCUT2D eigenvalue weighted by atomic mass is 10.0. The van der Waals surface area contributed by atoms with Crippen LogP contribution in [0.5, 0.6) is 0 Å². The molecule has 5 heteroatoms. The van der Waals surface area contributed by atoms with Gasteiger partial charge in [0, 0.05) is 25.6 Å². The van der Waals surface area contributed by atoms with Crippen molar-refractivity contribution >= 4 is 5.91 Å². The van der Waals surface area contributed by atoms with E-state index >= 15 is 0 Å². The largest absolute Gasteiger partial charge is 0.441 e. The normalized spacial score (nSPS) is 18.6. The van der Waals surface area contributed by atoms with Crippen molar-refractivity contribution in [1.82, 2.24) is 9.88 Å². The molecule has 1 amide bonds. The predicted molar refractivity (Wildman–Crippen MR) is 84.6 cm³/mol. The van der Waals surface area contributed by atoms with Crippen molar-refractivity contribution in [2.24, 2.45) is 5.41 Å². The Morgan fingerprint density at radius 1 is 1.35 bits per heavy atom. The Morgan fingerprint density at radius 2 is 2.13 bits per heavy atom. The number of amides is 1. The lowest BCUT2D eigenvalue weighted by Crippen LogP contribution is -2.42. The average molecular weight is 312 g/mol. The zero-order valence-corrected chi connectivity index (χ0v) is 13.2. The number of benzene rings is 1. The third-order valence-corrected chi connectivity index (χ3v) is 4.76. The summed E-state index contributed by atoms with van der Waals surface area (Å²) in [6, 6.07) is 9.87. The molecule has 0 radical (unpaired) electrons. The van der Waals surface area contributed by atoms with Crippen molar-refractivity contribution < 1.29 is 13.9 Å². The molecule has 1 fully saturated rings. The van der Waals surface area contributed by atoms with Gasteiger partial charge in [0.05, 0.1) is 18.6 Å². The minimum Gasteiger partial charge on any atom is -0.441 e. The standard InChI is InChI=1S/C18H20N2O3/c1-22-12-18(8-9-18)17(21)20-10-7-15-14(11-20)19-16(23-15)13-5-3-2-4-6-13/h2-6H,7-12H2,1H3. The summed E-state index contributed by atoms with van der Waals surface area (Å²) in [7, 11) is 1.66. The number of rotatable bonds is 4. The van der Waals surface area contributed by atoms with E-state index in [0.29, 0.717) is 25.6 Å². The lowest BCUT2D eigenvalue weighted by molar-refractivity contribution is -0.140. The van der Waals surface area contributed by atoms with E-state index in [1.54, 1.807) is 7.11 Å². The Bertz CT molecular complexity index is 719. The summed E-state index contributed by atoms with van der Waals surface area (Å²) in [5.41, 5.74) is 1.58. The SMILES string of the molecule is COCC1(C(=O)N2CCc3oc(-c4ccccc4)nc3C2)CC1. The summed E-state index contributed by atoms with van der Waals surface area (Å²) >= 11 is 0. The van der Waals surface area contributed by atoms with Crippen LogP contribution in [0.25, 0.3) is 11.5 Å². The molecule has 1 aromatic heterocycles. The minimum atomic E-state index is -0.280. The number of carbonyl (C=O) groups is 1. The monoisotopic (exact) mass is 312 g/mol. The Morgan fingerprint density at radius 3 is 2.83 bits per heavy atom. The summed E-state index contributed by atoms with van der Waals surface area (Å²) in [5.74, 6) is 1.75. The number of fused-ring (bicyclic) bond motifs is 1. The highest BCUT2D eigenvalue weighted by molar-refractivity contribution is 5.85. The van der Waals surface area contributed by atoms with Gasteiger partial charge in [0.25, 0.3) is 0 Å². The quantitative estimate of drug-likeness (QED) is 0.871. The van der Waals surface area contributed by atoms with Gasteiger partial charge in [-0.2, -0.15) is 0 Å². The van der Waals surface area contributed by atoms with Crippen molar-refractivity contribution in [1.29, 1.82) is 0 Å². The minimum absolute atomic E-state index is 0.203. The van der Waals surface area contributed by atoms with Gasteiger partial charge >= 0.3 is 0 Å². The van der Waals surface area contributed by atoms with Crippen molar-refractivity contribution in [2.75, 3.05) is 20.3 Å². The topological polar surface area (TPSA) is 55.6 Å². The number of hydrogen-bond acceptors (Lipinski definition) is 4. The van der Waals surface area contributed by atoms with Crippen LogP contribution in [-0.4, -0.2) is 36.1 Å². The van der Waals surface area contributed by atoms with Gasteiger partial charge in [-0.3, -0.25) is 4.79 Å². The van der Waals surface area contributed by atoms with E-state index < -0.39 is 0 Å². The first-order valence-electron chi connectivity index (χ1n) is 8.04. The highest BCUT2D eigenvalue weighted by Gasteiger charge is 2.52. The van der Waals surface area contributed by atoms with Crippen LogP contribution in [0.15, 0.2) is 34.7 Å². The number of hydrogen-bond donors (Lipinski definition) is 0. The molecule has 1 aliphatic heterocycles. The molecule has 2 aromatic rings. The highest BCUT2D eigenvalue weighted by Crippen LogP contribution is 2.48. The van der Waals surface area contributed by atoms with Crippen molar-refractivity contribution in [3.63, 3.8) is 0 Å². The summed E-state index contributed by atoms with van der Waals surface area (Å²) in [6.45, 7) is 1.75. The first-order chi connectivity index (χ1) is 11.2. The summed E-state index contributed by atoms with van der Waals surface area (Å²) in [4.78, 5) is 19.3. The van der Waals surface area contributed by atoms with Crippen LogP contribution in [0.1, 0.15) is 24.3 Å². The van der Waals surface area contributed by atoms with Gasteiger partial charge in [-0.15, -0.1) is 0 Å². The molecule has 2 heterocycles. The smallest absolute Gasteiger partial charge is 0.231 e. The van der Waals surface area contributed by atoms with Gasteiger partial charge in [0.15, 0.2) is 0 Å². The third kappa shape index (κ3) is 2.55. The van der Waals surface area contributed by atoms with Gasteiger partial charge in [-0.05, 0) is 25.0 Å². The van der Waals surface area contributed by atoms with Gasteiger partial charge in [-0.1, -0.05) is 18.2 Å². The predicted octanol–water partition coefficient (Wildman–Crippen LogP) is 2.65. The second kappa shape index (κ2) is 5.49. The summed E-state index contributed by atoms with van der Waals surface area (Å²) in [6.07, 6.45) is 2.58. The molecule has 0 N–H and O–H groups in total. The first kappa shape index (κ1) is 14.5. The van der Waals surface area contributed by atoms with Crippen LogP contribution >= 0.6 is 0 Å². The maximum atomic E-state index is 12.7. The summed E-state index contributed by atoms with van der Waals surface area (Å²) < 4.78 is 11.1. The lowest BCUT2D eigenvalue weighted by Gasteiger charge is -2.29. The molecule has 0 unspecified atom stereocenters. The second-order valence-electron chi connectivity index (χ2n) is 6.44. The zero-order valence-electron chi connectivity index (χ0n) is 13.2. The van der Waals surface area contributed by atoms with Gasteiger partial charge in [-0.25, -0.2) is 4.98 Å². The maximum Gasteiger partial charge on any atom is 0.231 e. The molecule has 5 nitrogen and oxygen atoms in total. The Hall–Kier alpha value is -2.14. The maximum absolute atomic E-state index is 12.7. The number of oxazole rings is 1. The van der Waals surface area contributed by atoms with Gasteiger partial charge in [0.2, 0.25) is 11.8 Å². The third-order valence-electron chi connectivity index (χ3n) is 4.76. The summed E-state index contributed by atoms with van der Waals surface area (Å²) in [5, 5.41) is 0. The van der Waals surface area contributed by atoms with E-state index in [4.69, 9.17) is 9.15 Å². The van der Waals surface area contributed by atoms with Gasteiger partial charge in [0.1, 0.15) is 11.5 Å². The molecule has 2 aliphatic rings. The van der Waals surface area contributed by atoms with Crippen LogP contribution in [0.3, 0.4) is 0 Å². The molecule has 0 bridgehead atoms. The fourth-order valence-corrected chi connectivity index (χ4v) is 3.26. The van der Waals surface area contributed by atoms with E-state index in [2.05, 4.69) is 4.98 Å². The van der Waals surface area contributed by atoms with E-state index in [0.717, 1.165) is 36.3 Å². The molecule has 23 heavy (non-hydrogen) atoms. The molecule has 0 atom stereocenters. The van der Waals surface area contributed by atoms with Crippen LogP contribution in [0.4, 0.5) is 0 Å².